The van der Waals surface area contributed by atoms with E-state index in [1.54, 1.807) is 12.1 Å². The van der Waals surface area contributed by atoms with Crippen molar-refractivity contribution in [3.8, 4) is 0 Å². The first-order chi connectivity index (χ1) is 7.72. The minimum atomic E-state index is -0.110. The summed E-state index contributed by atoms with van der Waals surface area (Å²) in [5.74, 6) is 0.192. The van der Waals surface area contributed by atoms with Crippen molar-refractivity contribution in [1.29, 1.82) is 0 Å². The second kappa shape index (κ2) is 4.68. The minimum absolute atomic E-state index is 0.00667. The van der Waals surface area contributed by atoms with Crippen LogP contribution in [0.15, 0.2) is 28.7 Å². The normalized spacial score (nSPS) is 10.9. The Labute approximate surface area is 97.6 Å². The molecule has 0 amide bonds. The molecule has 0 bridgehead atoms. The summed E-state index contributed by atoms with van der Waals surface area (Å²) < 4.78 is 5.39. The Hall–Kier alpha value is -1.32. The van der Waals surface area contributed by atoms with E-state index in [4.69, 9.17) is 21.1 Å². The Morgan fingerprint density at radius 2 is 2.25 bits per heavy atom. The number of benzene rings is 1. The maximum Gasteiger partial charge on any atom is 0.198 e. The number of para-hydroxylation sites is 1. The fourth-order valence-electron chi connectivity index (χ4n) is 1.53. The van der Waals surface area contributed by atoms with E-state index in [1.807, 2.05) is 12.1 Å². The summed E-state index contributed by atoms with van der Waals surface area (Å²) in [6.45, 7) is 0.00667. The van der Waals surface area contributed by atoms with E-state index in [9.17, 15) is 4.79 Å². The average molecular weight is 239 g/mol. The monoisotopic (exact) mass is 238 g/mol. The summed E-state index contributed by atoms with van der Waals surface area (Å²) in [6, 6.07) is 7.05. The molecular formula is C12H11ClO3. The van der Waals surface area contributed by atoms with E-state index in [-0.39, 0.29) is 18.8 Å². The van der Waals surface area contributed by atoms with Gasteiger partial charge >= 0.3 is 0 Å². The van der Waals surface area contributed by atoms with Gasteiger partial charge in [0.25, 0.3) is 0 Å². The number of hydrogen-bond acceptors (Lipinski definition) is 3. The van der Waals surface area contributed by atoms with Crippen LogP contribution in [0.1, 0.15) is 23.4 Å². The average Bonchev–Trinajstić information content (AvgIpc) is 2.71. The van der Waals surface area contributed by atoms with Crippen molar-refractivity contribution in [1.82, 2.24) is 0 Å². The van der Waals surface area contributed by atoms with Gasteiger partial charge < -0.3 is 9.52 Å². The maximum absolute atomic E-state index is 11.6. The maximum atomic E-state index is 11.6. The van der Waals surface area contributed by atoms with Crippen molar-refractivity contribution in [2.24, 2.45) is 0 Å². The molecule has 1 aromatic heterocycles. The molecule has 84 valence electrons. The van der Waals surface area contributed by atoms with Crippen LogP contribution in [0, 0.1) is 0 Å². The van der Waals surface area contributed by atoms with Gasteiger partial charge in [-0.15, -0.1) is 0 Å². The van der Waals surface area contributed by atoms with Crippen molar-refractivity contribution < 1.29 is 14.3 Å². The highest BCUT2D eigenvalue weighted by Gasteiger charge is 2.13. The predicted octanol–water partition coefficient (Wildman–Crippen LogP) is 3.04. The quantitative estimate of drug-likeness (QED) is 0.833. The van der Waals surface area contributed by atoms with Gasteiger partial charge in [-0.2, -0.15) is 0 Å². The van der Waals surface area contributed by atoms with Crippen LogP contribution in [0.25, 0.3) is 11.0 Å². The van der Waals surface area contributed by atoms with E-state index in [0.717, 1.165) is 5.39 Å². The molecule has 0 aliphatic rings. The highest BCUT2D eigenvalue weighted by molar-refractivity contribution is 6.34. The van der Waals surface area contributed by atoms with Crippen LogP contribution in [-0.4, -0.2) is 17.5 Å². The molecule has 0 saturated heterocycles. The van der Waals surface area contributed by atoms with E-state index >= 15 is 0 Å². The van der Waals surface area contributed by atoms with Crippen LogP contribution < -0.4 is 0 Å². The van der Waals surface area contributed by atoms with Gasteiger partial charge in [-0.1, -0.05) is 23.7 Å². The molecule has 0 fully saturated rings. The van der Waals surface area contributed by atoms with Crippen LogP contribution in [0.2, 0.25) is 5.02 Å². The number of halogens is 1. The van der Waals surface area contributed by atoms with Crippen molar-refractivity contribution in [3.63, 3.8) is 0 Å². The first-order valence-electron chi connectivity index (χ1n) is 5.04. The van der Waals surface area contributed by atoms with Gasteiger partial charge in [-0.25, -0.2) is 0 Å². The predicted molar refractivity (Wildman–Crippen MR) is 61.9 cm³/mol. The molecule has 3 nitrogen and oxygen atoms in total. The second-order valence-electron chi connectivity index (χ2n) is 3.52. The largest absolute Gasteiger partial charge is 0.451 e. The third kappa shape index (κ3) is 2.10. The molecule has 4 heteroatoms. The van der Waals surface area contributed by atoms with Gasteiger partial charge in [0.1, 0.15) is 0 Å². The summed E-state index contributed by atoms with van der Waals surface area (Å²) in [6.07, 6.45) is 0.734. The Morgan fingerprint density at radius 1 is 1.44 bits per heavy atom. The molecule has 0 spiro atoms. The van der Waals surface area contributed by atoms with Crippen LogP contribution in [-0.2, 0) is 0 Å². The van der Waals surface area contributed by atoms with Gasteiger partial charge in [0, 0.05) is 18.4 Å². The number of Topliss-reactive ketones (excluding diaryl/α,β-unsaturated/α-hetero) is 1. The third-order valence-corrected chi connectivity index (χ3v) is 2.63. The number of rotatable bonds is 4. The first kappa shape index (κ1) is 11.2. The third-order valence-electron chi connectivity index (χ3n) is 2.33. The molecule has 2 rings (SSSR count). The fourth-order valence-corrected chi connectivity index (χ4v) is 1.75. The Kier molecular flexibility index (Phi) is 3.27. The first-order valence-corrected chi connectivity index (χ1v) is 5.42. The summed E-state index contributed by atoms with van der Waals surface area (Å²) in [5, 5.41) is 9.96. The second-order valence-corrected chi connectivity index (χ2v) is 3.93. The molecule has 1 aromatic carbocycles. The molecule has 2 aromatic rings. The van der Waals surface area contributed by atoms with Crippen molar-refractivity contribution in [2.45, 2.75) is 12.8 Å². The minimum Gasteiger partial charge on any atom is -0.451 e. The number of aliphatic hydroxyl groups is 1. The number of hydrogen-bond donors (Lipinski definition) is 1. The smallest absolute Gasteiger partial charge is 0.198 e. The van der Waals surface area contributed by atoms with E-state index in [2.05, 4.69) is 0 Å². The molecule has 0 aliphatic carbocycles. The Bertz CT molecular complexity index is 516. The number of fused-ring (bicyclic) bond motifs is 1. The molecule has 0 radical (unpaired) electrons. The summed E-state index contributed by atoms with van der Waals surface area (Å²) in [4.78, 5) is 11.6. The zero-order valence-corrected chi connectivity index (χ0v) is 9.33. The lowest BCUT2D eigenvalue weighted by atomic mass is 10.2. The number of ketones is 1. The highest BCUT2D eigenvalue weighted by atomic mass is 35.5. The van der Waals surface area contributed by atoms with Gasteiger partial charge in [-0.05, 0) is 18.6 Å². The standard InChI is InChI=1S/C12H11ClO3/c13-9-4-1-3-8-7-11(16-12(8)9)10(15)5-2-6-14/h1,3-4,7,14H,2,5-6H2. The van der Waals surface area contributed by atoms with E-state index < -0.39 is 0 Å². The Balaban J connectivity index is 2.32. The molecule has 0 unspecified atom stereocenters. The topological polar surface area (TPSA) is 50.4 Å². The summed E-state index contributed by atoms with van der Waals surface area (Å²) >= 11 is 5.93. The zero-order valence-electron chi connectivity index (χ0n) is 8.57. The molecule has 0 aliphatic heterocycles. The van der Waals surface area contributed by atoms with Crippen molar-refractivity contribution >= 4 is 28.4 Å². The van der Waals surface area contributed by atoms with Crippen molar-refractivity contribution in [2.75, 3.05) is 6.61 Å². The summed E-state index contributed by atoms with van der Waals surface area (Å²) in [5.41, 5.74) is 0.538. The molecular weight excluding hydrogens is 228 g/mol. The van der Waals surface area contributed by atoms with Crippen LogP contribution in [0.4, 0.5) is 0 Å². The van der Waals surface area contributed by atoms with Crippen LogP contribution in [0.5, 0.6) is 0 Å². The van der Waals surface area contributed by atoms with E-state index in [1.165, 1.54) is 0 Å². The zero-order chi connectivity index (χ0) is 11.5. The van der Waals surface area contributed by atoms with Crippen LogP contribution in [0.3, 0.4) is 0 Å². The molecule has 1 heterocycles. The molecule has 1 N–H and O–H groups in total. The summed E-state index contributed by atoms with van der Waals surface area (Å²) in [7, 11) is 0. The number of furan rings is 1. The van der Waals surface area contributed by atoms with Crippen molar-refractivity contribution in [3.05, 3.63) is 35.0 Å². The fraction of sp³-hybridized carbons (Fsp3) is 0.250. The molecule has 0 saturated carbocycles. The lowest BCUT2D eigenvalue weighted by molar-refractivity contribution is 0.0946. The lowest BCUT2D eigenvalue weighted by Crippen LogP contribution is -1.98. The van der Waals surface area contributed by atoms with Gasteiger partial charge in [0.05, 0.1) is 5.02 Å². The van der Waals surface area contributed by atoms with Gasteiger partial charge in [-0.3, -0.25) is 4.79 Å². The Morgan fingerprint density at radius 3 is 2.94 bits per heavy atom. The number of carbonyl (C=O) groups is 1. The lowest BCUT2D eigenvalue weighted by Gasteiger charge is -1.93. The molecule has 16 heavy (non-hydrogen) atoms. The SMILES string of the molecule is O=C(CCCO)c1cc2cccc(Cl)c2o1. The van der Waals surface area contributed by atoms with E-state index in [0.29, 0.717) is 22.8 Å². The van der Waals surface area contributed by atoms with Crippen LogP contribution >= 0.6 is 11.6 Å². The highest BCUT2D eigenvalue weighted by Crippen LogP contribution is 2.27. The van der Waals surface area contributed by atoms with Gasteiger partial charge in [0.2, 0.25) is 0 Å². The van der Waals surface area contributed by atoms with Gasteiger partial charge in [0.15, 0.2) is 17.1 Å². The molecule has 0 atom stereocenters. The number of carbonyl (C=O) groups excluding carboxylic acids is 1. The number of aliphatic hydroxyl groups excluding tert-OH is 1.